The van der Waals surface area contributed by atoms with E-state index in [1.807, 2.05) is 45.0 Å². The van der Waals surface area contributed by atoms with E-state index in [2.05, 4.69) is 15.7 Å². The normalized spacial score (nSPS) is 13.1. The quantitative estimate of drug-likeness (QED) is 0.751. The van der Waals surface area contributed by atoms with E-state index in [1.165, 1.54) is 0 Å². The zero-order valence-electron chi connectivity index (χ0n) is 16.7. The average molecular weight is 403 g/mol. The fourth-order valence-electron chi connectivity index (χ4n) is 2.98. The predicted octanol–water partition coefficient (Wildman–Crippen LogP) is 2.69. The Morgan fingerprint density at radius 1 is 1.18 bits per heavy atom. The third-order valence-corrected chi connectivity index (χ3v) is 5.45. The maximum absolute atomic E-state index is 12.4. The molecule has 1 aliphatic rings. The van der Waals surface area contributed by atoms with Crippen LogP contribution >= 0.6 is 11.8 Å². The van der Waals surface area contributed by atoms with Gasteiger partial charge in [0.25, 0.3) is 0 Å². The zero-order chi connectivity index (χ0) is 20.3. The number of aromatic nitrogens is 2. The van der Waals surface area contributed by atoms with Gasteiger partial charge in [0.15, 0.2) is 0 Å². The highest BCUT2D eigenvalue weighted by atomic mass is 32.2. The maximum atomic E-state index is 12.4. The van der Waals surface area contributed by atoms with Gasteiger partial charge in [0.05, 0.1) is 18.3 Å². The molecular formula is C20H26N4O3S. The van der Waals surface area contributed by atoms with Crippen molar-refractivity contribution in [2.24, 2.45) is 0 Å². The van der Waals surface area contributed by atoms with Crippen LogP contribution in [-0.2, 0) is 33.1 Å². The number of fused-ring (bicyclic) bond motifs is 1. The number of thioether (sulfide) groups is 1. The molecule has 2 aromatic rings. The van der Waals surface area contributed by atoms with Crippen molar-refractivity contribution in [2.75, 3.05) is 19.0 Å². The molecule has 0 saturated carbocycles. The molecule has 28 heavy (non-hydrogen) atoms. The molecule has 0 aliphatic carbocycles. The predicted molar refractivity (Wildman–Crippen MR) is 111 cm³/mol. The number of anilines is 1. The van der Waals surface area contributed by atoms with E-state index in [0.29, 0.717) is 18.8 Å². The first-order valence-corrected chi connectivity index (χ1v) is 10.4. The Kier molecular flexibility index (Phi) is 5.98. The first kappa shape index (κ1) is 20.3. The molecule has 0 atom stereocenters. The Morgan fingerprint density at radius 2 is 1.89 bits per heavy atom. The van der Waals surface area contributed by atoms with Crippen LogP contribution in [0.3, 0.4) is 0 Å². The fourth-order valence-corrected chi connectivity index (χ4v) is 4.02. The van der Waals surface area contributed by atoms with Crippen molar-refractivity contribution in [1.82, 2.24) is 15.1 Å². The highest BCUT2D eigenvalue weighted by Gasteiger charge is 2.29. The lowest BCUT2D eigenvalue weighted by Crippen LogP contribution is -2.38. The van der Waals surface area contributed by atoms with E-state index in [1.54, 1.807) is 23.6 Å². The minimum Gasteiger partial charge on any atom is -0.497 e. The molecule has 150 valence electrons. The molecular weight excluding hydrogens is 376 g/mol. The van der Waals surface area contributed by atoms with E-state index in [0.717, 1.165) is 34.1 Å². The van der Waals surface area contributed by atoms with Crippen LogP contribution in [0.15, 0.2) is 24.3 Å². The molecule has 2 amide bonds. The number of benzene rings is 1. The van der Waals surface area contributed by atoms with Gasteiger partial charge < -0.3 is 15.4 Å². The van der Waals surface area contributed by atoms with Crippen molar-refractivity contribution in [1.29, 1.82) is 0 Å². The molecule has 0 spiro atoms. The Morgan fingerprint density at radius 3 is 2.54 bits per heavy atom. The molecule has 8 heteroatoms. The summed E-state index contributed by atoms with van der Waals surface area (Å²) in [5, 5.41) is 10.1. The lowest BCUT2D eigenvalue weighted by molar-refractivity contribution is -0.136. The highest BCUT2D eigenvalue weighted by Crippen LogP contribution is 2.37. The van der Waals surface area contributed by atoms with Gasteiger partial charge in [-0.3, -0.25) is 9.59 Å². The molecule has 1 aromatic heterocycles. The molecule has 2 N–H and O–H groups in total. The second kappa shape index (κ2) is 8.26. The smallest absolute Gasteiger partial charge is 0.314 e. The molecule has 1 aliphatic heterocycles. The summed E-state index contributed by atoms with van der Waals surface area (Å²) in [4.78, 5) is 24.7. The molecule has 0 saturated heterocycles. The third kappa shape index (κ3) is 4.49. The minimum absolute atomic E-state index is 0.289. The number of carbonyl (C=O) groups excluding carboxylic acids is 2. The Bertz CT molecular complexity index is 869. The molecule has 0 fully saturated rings. The van der Waals surface area contributed by atoms with Gasteiger partial charge in [0.1, 0.15) is 11.6 Å². The minimum atomic E-state index is -0.667. The molecule has 0 bridgehead atoms. The van der Waals surface area contributed by atoms with Gasteiger partial charge in [-0.15, -0.1) is 0 Å². The molecule has 0 unspecified atom stereocenters. The van der Waals surface area contributed by atoms with E-state index in [4.69, 9.17) is 4.74 Å². The van der Waals surface area contributed by atoms with Crippen molar-refractivity contribution in [3.05, 3.63) is 41.1 Å². The molecule has 1 aromatic carbocycles. The molecule has 7 nitrogen and oxygen atoms in total. The largest absolute Gasteiger partial charge is 0.497 e. The van der Waals surface area contributed by atoms with Crippen LogP contribution in [0.5, 0.6) is 5.75 Å². The summed E-state index contributed by atoms with van der Waals surface area (Å²) in [6.07, 6.45) is 0.634. The summed E-state index contributed by atoms with van der Waals surface area (Å²) in [5.74, 6) is 1.72. The van der Waals surface area contributed by atoms with E-state index >= 15 is 0 Å². The van der Waals surface area contributed by atoms with Crippen molar-refractivity contribution in [2.45, 2.75) is 44.2 Å². The van der Waals surface area contributed by atoms with Crippen LogP contribution in [0.4, 0.5) is 5.82 Å². The number of hydrogen-bond donors (Lipinski definition) is 2. The third-order valence-electron chi connectivity index (χ3n) is 4.48. The molecule has 0 radical (unpaired) electrons. The second-order valence-electron chi connectivity index (χ2n) is 7.66. The lowest BCUT2D eigenvalue weighted by Gasteiger charge is -2.23. The zero-order valence-corrected chi connectivity index (χ0v) is 17.5. The SMILES string of the molecule is COc1ccc(CCNC(=O)C(=O)Nc2c3c(nn2C(C)(C)C)CSC3)cc1. The number of ether oxygens (including phenoxy) is 1. The van der Waals surface area contributed by atoms with Gasteiger partial charge in [-0.1, -0.05) is 12.1 Å². The average Bonchev–Trinajstić information content (AvgIpc) is 3.24. The number of rotatable bonds is 5. The summed E-state index contributed by atoms with van der Waals surface area (Å²) in [6, 6.07) is 7.62. The van der Waals surface area contributed by atoms with E-state index < -0.39 is 11.8 Å². The Hall–Kier alpha value is -2.48. The number of nitrogens with one attached hydrogen (secondary N) is 2. The van der Waals surface area contributed by atoms with Gasteiger partial charge in [0, 0.05) is 23.6 Å². The van der Waals surface area contributed by atoms with Crippen molar-refractivity contribution in [3.8, 4) is 5.75 Å². The van der Waals surface area contributed by atoms with Crippen LogP contribution in [0, 0.1) is 0 Å². The van der Waals surface area contributed by atoms with Gasteiger partial charge >= 0.3 is 11.8 Å². The summed E-state index contributed by atoms with van der Waals surface area (Å²) >= 11 is 1.76. The van der Waals surface area contributed by atoms with Gasteiger partial charge in [-0.2, -0.15) is 16.9 Å². The monoisotopic (exact) mass is 402 g/mol. The maximum Gasteiger partial charge on any atom is 0.314 e. The second-order valence-corrected chi connectivity index (χ2v) is 8.64. The van der Waals surface area contributed by atoms with Crippen LogP contribution < -0.4 is 15.4 Å². The number of hydrogen-bond acceptors (Lipinski definition) is 5. The standard InChI is InChI=1S/C20H26N4O3S/c1-20(2,3)24-17(15-11-28-12-16(15)23-24)22-19(26)18(25)21-10-9-13-5-7-14(27-4)8-6-13/h5-8H,9-12H2,1-4H3,(H,21,25)(H,22,26). The van der Waals surface area contributed by atoms with Gasteiger partial charge in [-0.05, 0) is 44.9 Å². The topological polar surface area (TPSA) is 85.2 Å². The first-order chi connectivity index (χ1) is 13.3. The van der Waals surface area contributed by atoms with Crippen molar-refractivity contribution >= 4 is 29.4 Å². The summed E-state index contributed by atoms with van der Waals surface area (Å²) in [7, 11) is 1.62. The van der Waals surface area contributed by atoms with E-state index in [-0.39, 0.29) is 5.54 Å². The van der Waals surface area contributed by atoms with Crippen LogP contribution in [-0.4, -0.2) is 35.2 Å². The summed E-state index contributed by atoms with van der Waals surface area (Å²) < 4.78 is 6.93. The number of carbonyl (C=O) groups is 2. The number of amides is 2. The van der Waals surface area contributed by atoms with E-state index in [9.17, 15) is 9.59 Å². The van der Waals surface area contributed by atoms with Gasteiger partial charge in [-0.25, -0.2) is 4.68 Å². The Balaban J connectivity index is 1.59. The summed E-state index contributed by atoms with van der Waals surface area (Å²) in [5.41, 5.74) is 2.76. The molecule has 2 heterocycles. The number of methoxy groups -OCH3 is 1. The van der Waals surface area contributed by atoms with Crippen molar-refractivity contribution < 1.29 is 14.3 Å². The van der Waals surface area contributed by atoms with Crippen LogP contribution in [0.2, 0.25) is 0 Å². The van der Waals surface area contributed by atoms with Gasteiger partial charge in [0.2, 0.25) is 0 Å². The Labute approximate surface area is 169 Å². The first-order valence-electron chi connectivity index (χ1n) is 9.20. The van der Waals surface area contributed by atoms with Crippen molar-refractivity contribution in [3.63, 3.8) is 0 Å². The number of nitrogens with zero attached hydrogens (tertiary/aromatic N) is 2. The van der Waals surface area contributed by atoms with Crippen LogP contribution in [0.1, 0.15) is 37.6 Å². The summed E-state index contributed by atoms with van der Waals surface area (Å²) in [6.45, 7) is 6.44. The van der Waals surface area contributed by atoms with Crippen LogP contribution in [0.25, 0.3) is 0 Å². The highest BCUT2D eigenvalue weighted by molar-refractivity contribution is 7.98. The lowest BCUT2D eigenvalue weighted by atomic mass is 10.1. The molecule has 3 rings (SSSR count). The fraction of sp³-hybridized carbons (Fsp3) is 0.450.